The van der Waals surface area contributed by atoms with Crippen LogP contribution in [0, 0.1) is 0 Å². The van der Waals surface area contributed by atoms with E-state index in [9.17, 15) is 13.2 Å². The van der Waals surface area contributed by atoms with Gasteiger partial charge in [-0.2, -0.15) is 0 Å². The van der Waals surface area contributed by atoms with Crippen LogP contribution in [-0.4, -0.2) is 63.9 Å². The number of amides is 1. The molecule has 0 unspecified atom stereocenters. The molecule has 1 fully saturated rings. The van der Waals surface area contributed by atoms with E-state index in [0.29, 0.717) is 13.1 Å². The Kier molecular flexibility index (Phi) is 4.84. The minimum absolute atomic E-state index is 0.173. The van der Waals surface area contributed by atoms with Gasteiger partial charge in [-0.25, -0.2) is 13.1 Å². The van der Waals surface area contributed by atoms with E-state index in [4.69, 9.17) is 0 Å². The van der Waals surface area contributed by atoms with Crippen molar-refractivity contribution in [1.82, 2.24) is 14.5 Å². The van der Waals surface area contributed by atoms with Gasteiger partial charge in [0, 0.05) is 26.2 Å². The van der Waals surface area contributed by atoms with Crippen LogP contribution in [-0.2, 0) is 14.8 Å². The highest BCUT2D eigenvalue weighted by atomic mass is 32.2. The number of hydrogen-bond acceptors (Lipinski definition) is 4. The van der Waals surface area contributed by atoms with Gasteiger partial charge in [0.25, 0.3) is 0 Å². The Hall–Kier alpha value is -1.96. The summed E-state index contributed by atoms with van der Waals surface area (Å²) in [4.78, 5) is 16.2. The molecular weight excluding hydrogens is 326 g/mol. The fourth-order valence-corrected chi connectivity index (χ4v) is 3.75. The van der Waals surface area contributed by atoms with Crippen molar-refractivity contribution in [1.29, 1.82) is 0 Å². The van der Waals surface area contributed by atoms with Crippen LogP contribution in [0.3, 0.4) is 0 Å². The smallest absolute Gasteiger partial charge is 0.241 e. The Bertz CT molecular complexity index is 843. The highest BCUT2D eigenvalue weighted by molar-refractivity contribution is 7.89. The molecule has 7 heteroatoms. The lowest BCUT2D eigenvalue weighted by Crippen LogP contribution is -2.50. The van der Waals surface area contributed by atoms with Crippen LogP contribution < -0.4 is 4.72 Å². The second-order valence-corrected chi connectivity index (χ2v) is 7.78. The van der Waals surface area contributed by atoms with E-state index in [-0.39, 0.29) is 17.3 Å². The van der Waals surface area contributed by atoms with Crippen molar-refractivity contribution in [3.8, 4) is 0 Å². The maximum Gasteiger partial charge on any atom is 0.241 e. The molecule has 128 valence electrons. The molecule has 2 aromatic carbocycles. The third-order valence-electron chi connectivity index (χ3n) is 4.30. The monoisotopic (exact) mass is 347 g/mol. The number of benzene rings is 2. The van der Waals surface area contributed by atoms with Crippen LogP contribution >= 0.6 is 0 Å². The summed E-state index contributed by atoms with van der Waals surface area (Å²) in [7, 11) is -1.70. The number of piperazine rings is 1. The predicted molar refractivity (Wildman–Crippen MR) is 93.2 cm³/mol. The first-order valence-corrected chi connectivity index (χ1v) is 9.39. The van der Waals surface area contributed by atoms with Crippen LogP contribution in [0.5, 0.6) is 0 Å². The summed E-state index contributed by atoms with van der Waals surface area (Å²) in [5.74, 6) is -0.188. The number of nitrogens with zero attached hydrogens (tertiary/aromatic N) is 2. The molecule has 3 rings (SSSR count). The third-order valence-corrected chi connectivity index (χ3v) is 5.70. The number of sulfonamides is 1. The van der Waals surface area contributed by atoms with Gasteiger partial charge < -0.3 is 9.80 Å². The molecule has 0 bridgehead atoms. The first-order valence-electron chi connectivity index (χ1n) is 7.90. The molecule has 0 spiro atoms. The molecule has 1 aliphatic rings. The van der Waals surface area contributed by atoms with Crippen LogP contribution in [0.15, 0.2) is 47.4 Å². The molecule has 0 aromatic heterocycles. The van der Waals surface area contributed by atoms with Crippen molar-refractivity contribution in [3.05, 3.63) is 42.5 Å². The molecule has 1 amide bonds. The normalized spacial score (nSPS) is 16.5. The molecule has 1 N–H and O–H groups in total. The number of nitrogens with one attached hydrogen (secondary N) is 1. The van der Waals surface area contributed by atoms with Gasteiger partial charge in [-0.05, 0) is 30.0 Å². The Labute approximate surface area is 142 Å². The molecular formula is C17H21N3O3S. The van der Waals surface area contributed by atoms with Gasteiger partial charge >= 0.3 is 0 Å². The summed E-state index contributed by atoms with van der Waals surface area (Å²) in [5, 5.41) is 1.83. The van der Waals surface area contributed by atoms with Gasteiger partial charge in [0.15, 0.2) is 0 Å². The van der Waals surface area contributed by atoms with E-state index in [1.165, 1.54) is 0 Å². The number of likely N-dealkylation sites (N-methyl/N-ethyl adjacent to an activating group) is 1. The molecule has 0 atom stereocenters. The van der Waals surface area contributed by atoms with Gasteiger partial charge in [-0.15, -0.1) is 0 Å². The summed E-state index contributed by atoms with van der Waals surface area (Å²) in [6, 6.07) is 12.5. The van der Waals surface area contributed by atoms with Crippen molar-refractivity contribution in [2.45, 2.75) is 4.90 Å². The number of rotatable bonds is 4. The maximum absolute atomic E-state index is 12.4. The molecule has 1 aliphatic heterocycles. The van der Waals surface area contributed by atoms with Gasteiger partial charge in [-0.1, -0.05) is 30.3 Å². The van der Waals surface area contributed by atoms with E-state index < -0.39 is 10.0 Å². The fraction of sp³-hybridized carbons (Fsp3) is 0.353. The molecule has 0 aliphatic carbocycles. The van der Waals surface area contributed by atoms with E-state index in [1.807, 2.05) is 31.3 Å². The molecule has 1 saturated heterocycles. The zero-order valence-electron chi connectivity index (χ0n) is 13.6. The second-order valence-electron chi connectivity index (χ2n) is 6.02. The van der Waals surface area contributed by atoms with Gasteiger partial charge in [0.05, 0.1) is 11.4 Å². The van der Waals surface area contributed by atoms with E-state index in [1.54, 1.807) is 23.1 Å². The SMILES string of the molecule is CN1CCN(C(=O)CNS(=O)(=O)c2ccc3ccccc3c2)CC1. The number of fused-ring (bicyclic) bond motifs is 1. The number of carbonyl (C=O) groups is 1. The fourth-order valence-electron chi connectivity index (χ4n) is 2.74. The molecule has 1 heterocycles. The van der Waals surface area contributed by atoms with Crippen LogP contribution in [0.1, 0.15) is 0 Å². The predicted octanol–water partition coefficient (Wildman–Crippen LogP) is 0.892. The zero-order chi connectivity index (χ0) is 17.2. The Morgan fingerprint density at radius 2 is 1.71 bits per heavy atom. The quantitative estimate of drug-likeness (QED) is 0.892. The van der Waals surface area contributed by atoms with E-state index >= 15 is 0 Å². The lowest BCUT2D eigenvalue weighted by atomic mass is 10.1. The van der Waals surface area contributed by atoms with Crippen LogP contribution in [0.4, 0.5) is 0 Å². The standard InChI is InChI=1S/C17H21N3O3S/c1-19-8-10-20(11-9-19)17(21)13-18-24(22,23)16-7-6-14-4-2-3-5-15(14)12-16/h2-7,12,18H,8-11,13H2,1H3. The first kappa shape index (κ1) is 16.9. The Morgan fingerprint density at radius 1 is 1.04 bits per heavy atom. The lowest BCUT2D eigenvalue weighted by Gasteiger charge is -2.32. The Balaban J connectivity index is 1.67. The van der Waals surface area contributed by atoms with Crippen LogP contribution in [0.2, 0.25) is 0 Å². The summed E-state index contributed by atoms with van der Waals surface area (Å²) >= 11 is 0. The molecule has 24 heavy (non-hydrogen) atoms. The highest BCUT2D eigenvalue weighted by Gasteiger charge is 2.21. The molecule has 6 nitrogen and oxygen atoms in total. The minimum atomic E-state index is -3.70. The largest absolute Gasteiger partial charge is 0.339 e. The topological polar surface area (TPSA) is 69.7 Å². The van der Waals surface area contributed by atoms with Crippen molar-refractivity contribution < 1.29 is 13.2 Å². The third kappa shape index (κ3) is 3.75. The molecule has 2 aromatic rings. The van der Waals surface area contributed by atoms with Crippen molar-refractivity contribution in [2.24, 2.45) is 0 Å². The van der Waals surface area contributed by atoms with Crippen molar-refractivity contribution in [2.75, 3.05) is 39.8 Å². The minimum Gasteiger partial charge on any atom is -0.339 e. The zero-order valence-corrected chi connectivity index (χ0v) is 14.4. The summed E-state index contributed by atoms with van der Waals surface area (Å²) in [6.07, 6.45) is 0. The summed E-state index contributed by atoms with van der Waals surface area (Å²) in [6.45, 7) is 2.67. The van der Waals surface area contributed by atoms with Gasteiger partial charge in [0.2, 0.25) is 15.9 Å². The lowest BCUT2D eigenvalue weighted by molar-refractivity contribution is -0.131. The second kappa shape index (κ2) is 6.88. The van der Waals surface area contributed by atoms with E-state index in [2.05, 4.69) is 9.62 Å². The summed E-state index contributed by atoms with van der Waals surface area (Å²) < 4.78 is 27.3. The van der Waals surface area contributed by atoms with Gasteiger partial charge in [-0.3, -0.25) is 4.79 Å². The molecule has 0 radical (unpaired) electrons. The Morgan fingerprint density at radius 3 is 2.42 bits per heavy atom. The number of carbonyl (C=O) groups excluding carboxylic acids is 1. The average Bonchev–Trinajstić information content (AvgIpc) is 2.60. The first-order chi connectivity index (χ1) is 11.5. The van der Waals surface area contributed by atoms with Crippen molar-refractivity contribution in [3.63, 3.8) is 0 Å². The molecule has 0 saturated carbocycles. The van der Waals surface area contributed by atoms with E-state index in [0.717, 1.165) is 23.9 Å². The summed E-state index contributed by atoms with van der Waals surface area (Å²) in [5.41, 5.74) is 0. The van der Waals surface area contributed by atoms with Gasteiger partial charge in [0.1, 0.15) is 0 Å². The number of hydrogen-bond donors (Lipinski definition) is 1. The maximum atomic E-state index is 12.4. The van der Waals surface area contributed by atoms with Crippen LogP contribution in [0.25, 0.3) is 10.8 Å². The average molecular weight is 347 g/mol. The highest BCUT2D eigenvalue weighted by Crippen LogP contribution is 2.18. The van der Waals surface area contributed by atoms with Crippen molar-refractivity contribution >= 4 is 26.7 Å².